The van der Waals surface area contributed by atoms with Crippen molar-refractivity contribution in [3.63, 3.8) is 0 Å². The van der Waals surface area contributed by atoms with Crippen molar-refractivity contribution in [3.05, 3.63) is 0 Å². The van der Waals surface area contributed by atoms with Gasteiger partial charge in [0.05, 0.1) is 11.7 Å². The largest absolute Gasteiger partial charge is 0.369 e. The third-order valence-electron chi connectivity index (χ3n) is 3.62. The molecule has 0 bridgehead atoms. The second-order valence-corrected chi connectivity index (χ2v) is 6.15. The lowest BCUT2D eigenvalue weighted by Crippen LogP contribution is -2.45. The number of thioether (sulfide) groups is 1. The van der Waals surface area contributed by atoms with Crippen molar-refractivity contribution in [2.24, 2.45) is 17.6 Å². The van der Waals surface area contributed by atoms with Gasteiger partial charge in [-0.25, -0.2) is 0 Å². The summed E-state index contributed by atoms with van der Waals surface area (Å²) in [5, 5.41) is 3.22. The number of likely N-dealkylation sites (tertiary alicyclic amines) is 1. The highest BCUT2D eigenvalue weighted by Crippen LogP contribution is 2.18. The predicted molar refractivity (Wildman–Crippen MR) is 72.2 cm³/mol. The molecule has 0 saturated carbocycles. The molecular formula is C12H21N3O2S. The summed E-state index contributed by atoms with van der Waals surface area (Å²) in [6.07, 6.45) is 1.70. The summed E-state index contributed by atoms with van der Waals surface area (Å²) in [7, 11) is 0. The molecule has 2 fully saturated rings. The quantitative estimate of drug-likeness (QED) is 0.717. The fourth-order valence-corrected chi connectivity index (χ4v) is 3.35. The van der Waals surface area contributed by atoms with E-state index in [-0.39, 0.29) is 17.7 Å². The van der Waals surface area contributed by atoms with Gasteiger partial charge in [0, 0.05) is 13.1 Å². The molecule has 0 spiro atoms. The highest BCUT2D eigenvalue weighted by atomic mass is 32.2. The van der Waals surface area contributed by atoms with E-state index in [4.69, 9.17) is 5.73 Å². The number of nitrogens with one attached hydrogen (secondary N) is 1. The zero-order valence-electron chi connectivity index (χ0n) is 10.6. The van der Waals surface area contributed by atoms with E-state index in [1.807, 2.05) is 0 Å². The van der Waals surface area contributed by atoms with Gasteiger partial charge < -0.3 is 16.0 Å². The minimum absolute atomic E-state index is 0.150. The summed E-state index contributed by atoms with van der Waals surface area (Å²) < 4.78 is 0. The Morgan fingerprint density at radius 2 is 2.17 bits per heavy atom. The van der Waals surface area contributed by atoms with Crippen LogP contribution in [0.15, 0.2) is 0 Å². The van der Waals surface area contributed by atoms with Gasteiger partial charge in [-0.2, -0.15) is 11.8 Å². The Kier molecular flexibility index (Phi) is 4.88. The van der Waals surface area contributed by atoms with Gasteiger partial charge in [0.2, 0.25) is 11.8 Å². The Morgan fingerprint density at radius 3 is 2.78 bits per heavy atom. The van der Waals surface area contributed by atoms with Crippen LogP contribution in [-0.4, -0.2) is 54.4 Å². The first-order valence-electron chi connectivity index (χ1n) is 6.52. The summed E-state index contributed by atoms with van der Waals surface area (Å²) in [6, 6.07) is 0. The normalized spacial score (nSPS) is 24.7. The second kappa shape index (κ2) is 6.43. The number of hydrogen-bond acceptors (Lipinski definition) is 4. The van der Waals surface area contributed by atoms with E-state index in [0.717, 1.165) is 44.1 Å². The van der Waals surface area contributed by atoms with Crippen LogP contribution in [0.25, 0.3) is 0 Å². The predicted octanol–water partition coefficient (Wildman–Crippen LogP) is -0.337. The van der Waals surface area contributed by atoms with E-state index < -0.39 is 0 Å². The van der Waals surface area contributed by atoms with Gasteiger partial charge in [0.1, 0.15) is 0 Å². The average Bonchev–Trinajstić information content (AvgIpc) is 2.32. The SMILES string of the molecule is NC(=O)C1CCCN(C(=O)CSCC2CNC2)C1. The number of primary amides is 1. The third-order valence-corrected chi connectivity index (χ3v) is 4.78. The van der Waals surface area contributed by atoms with Gasteiger partial charge in [0.15, 0.2) is 0 Å². The third kappa shape index (κ3) is 3.62. The maximum atomic E-state index is 12.0. The first-order chi connectivity index (χ1) is 8.66. The molecule has 102 valence electrons. The molecule has 0 aromatic carbocycles. The lowest BCUT2D eigenvalue weighted by molar-refractivity contribution is -0.132. The molecule has 2 heterocycles. The van der Waals surface area contributed by atoms with Crippen molar-refractivity contribution in [2.45, 2.75) is 12.8 Å². The molecule has 0 aliphatic carbocycles. The summed E-state index contributed by atoms with van der Waals surface area (Å²) in [5.74, 6) is 2.03. The van der Waals surface area contributed by atoms with E-state index in [1.165, 1.54) is 0 Å². The van der Waals surface area contributed by atoms with Crippen LogP contribution in [-0.2, 0) is 9.59 Å². The number of nitrogens with two attached hydrogens (primary N) is 1. The summed E-state index contributed by atoms with van der Waals surface area (Å²) >= 11 is 1.70. The number of rotatable bonds is 5. The molecule has 18 heavy (non-hydrogen) atoms. The molecule has 3 N–H and O–H groups in total. The van der Waals surface area contributed by atoms with E-state index in [9.17, 15) is 9.59 Å². The average molecular weight is 271 g/mol. The number of hydrogen-bond donors (Lipinski definition) is 2. The van der Waals surface area contributed by atoms with Crippen molar-refractivity contribution in [1.82, 2.24) is 10.2 Å². The van der Waals surface area contributed by atoms with E-state index in [0.29, 0.717) is 12.3 Å². The number of nitrogens with zero attached hydrogens (tertiary/aromatic N) is 1. The molecule has 2 aliphatic heterocycles. The van der Waals surface area contributed by atoms with Gasteiger partial charge in [-0.1, -0.05) is 0 Å². The fraction of sp³-hybridized carbons (Fsp3) is 0.833. The molecule has 0 aromatic heterocycles. The molecule has 6 heteroatoms. The highest BCUT2D eigenvalue weighted by molar-refractivity contribution is 7.99. The molecule has 1 unspecified atom stereocenters. The van der Waals surface area contributed by atoms with Crippen molar-refractivity contribution in [3.8, 4) is 0 Å². The summed E-state index contributed by atoms with van der Waals surface area (Å²) in [6.45, 7) is 3.44. The van der Waals surface area contributed by atoms with Gasteiger partial charge >= 0.3 is 0 Å². The van der Waals surface area contributed by atoms with Crippen LogP contribution in [0.4, 0.5) is 0 Å². The van der Waals surface area contributed by atoms with Crippen LogP contribution in [0.3, 0.4) is 0 Å². The standard InChI is InChI=1S/C12H21N3O2S/c13-12(17)10-2-1-3-15(6-10)11(16)8-18-7-9-4-14-5-9/h9-10,14H,1-8H2,(H2,13,17). The zero-order chi connectivity index (χ0) is 13.0. The van der Waals surface area contributed by atoms with Crippen LogP contribution in [0.5, 0.6) is 0 Å². The molecular weight excluding hydrogens is 250 g/mol. The topological polar surface area (TPSA) is 75.4 Å². The van der Waals surface area contributed by atoms with Crippen molar-refractivity contribution >= 4 is 23.6 Å². The Morgan fingerprint density at radius 1 is 1.39 bits per heavy atom. The van der Waals surface area contributed by atoms with Crippen LogP contribution in [0, 0.1) is 11.8 Å². The van der Waals surface area contributed by atoms with Crippen molar-refractivity contribution in [1.29, 1.82) is 0 Å². The lowest BCUT2D eigenvalue weighted by Gasteiger charge is -2.31. The van der Waals surface area contributed by atoms with Gasteiger partial charge in [-0.3, -0.25) is 9.59 Å². The van der Waals surface area contributed by atoms with E-state index >= 15 is 0 Å². The van der Waals surface area contributed by atoms with Gasteiger partial charge in [0.25, 0.3) is 0 Å². The van der Waals surface area contributed by atoms with Crippen LogP contribution >= 0.6 is 11.8 Å². The maximum Gasteiger partial charge on any atom is 0.232 e. The number of amides is 2. The molecule has 2 aliphatic rings. The van der Waals surface area contributed by atoms with Crippen LogP contribution in [0.1, 0.15) is 12.8 Å². The number of piperidine rings is 1. The molecule has 5 nitrogen and oxygen atoms in total. The first kappa shape index (κ1) is 13.7. The molecule has 2 amide bonds. The van der Waals surface area contributed by atoms with Crippen molar-refractivity contribution in [2.75, 3.05) is 37.7 Å². The van der Waals surface area contributed by atoms with Gasteiger partial charge in [-0.05, 0) is 37.6 Å². The minimum Gasteiger partial charge on any atom is -0.369 e. The molecule has 2 rings (SSSR count). The second-order valence-electron chi connectivity index (χ2n) is 5.12. The van der Waals surface area contributed by atoms with Crippen LogP contribution in [0.2, 0.25) is 0 Å². The van der Waals surface area contributed by atoms with Crippen molar-refractivity contribution < 1.29 is 9.59 Å². The van der Waals surface area contributed by atoms with Gasteiger partial charge in [-0.15, -0.1) is 0 Å². The smallest absolute Gasteiger partial charge is 0.232 e. The Balaban J connectivity index is 1.68. The summed E-state index contributed by atoms with van der Waals surface area (Å²) in [4.78, 5) is 24.9. The maximum absolute atomic E-state index is 12.0. The van der Waals surface area contributed by atoms with E-state index in [2.05, 4.69) is 5.32 Å². The summed E-state index contributed by atoms with van der Waals surface area (Å²) in [5.41, 5.74) is 5.31. The van der Waals surface area contributed by atoms with E-state index in [1.54, 1.807) is 16.7 Å². The number of carbonyl (C=O) groups excluding carboxylic acids is 2. The monoisotopic (exact) mass is 271 g/mol. The number of carbonyl (C=O) groups is 2. The first-order valence-corrected chi connectivity index (χ1v) is 7.68. The molecule has 1 atom stereocenters. The Labute approximate surface area is 112 Å². The Hall–Kier alpha value is -0.750. The Bertz CT molecular complexity index is 320. The minimum atomic E-state index is -0.277. The highest BCUT2D eigenvalue weighted by Gasteiger charge is 2.27. The zero-order valence-corrected chi connectivity index (χ0v) is 11.4. The molecule has 0 aromatic rings. The molecule has 0 radical (unpaired) electrons. The van der Waals surface area contributed by atoms with Crippen LogP contribution < -0.4 is 11.1 Å². The molecule has 2 saturated heterocycles. The fourth-order valence-electron chi connectivity index (χ4n) is 2.31. The lowest BCUT2D eigenvalue weighted by atomic mass is 9.97.